The molecule has 0 fully saturated rings. The number of aromatic nitrogens is 2. The van der Waals surface area contributed by atoms with Gasteiger partial charge in [0.25, 0.3) is 0 Å². The zero-order valence-electron chi connectivity index (χ0n) is 9.79. The van der Waals surface area contributed by atoms with Crippen LogP contribution in [0.2, 0.25) is 5.15 Å². The van der Waals surface area contributed by atoms with Crippen molar-refractivity contribution >= 4 is 23.3 Å². The Morgan fingerprint density at radius 3 is 2.16 bits per heavy atom. The minimum atomic E-state index is 0.432. The molecule has 5 heteroatoms. The molecule has 3 rings (SSSR count). The van der Waals surface area contributed by atoms with Crippen molar-refractivity contribution in [2.45, 2.75) is 0 Å². The number of halogens is 1. The summed E-state index contributed by atoms with van der Waals surface area (Å²) in [4.78, 5) is 0. The molecule has 1 heterocycles. The summed E-state index contributed by atoms with van der Waals surface area (Å²) in [5.74, 6) is 1.58. The van der Waals surface area contributed by atoms with Gasteiger partial charge in [-0.25, -0.2) is 0 Å². The topological polar surface area (TPSA) is 35.0 Å². The van der Waals surface area contributed by atoms with E-state index >= 15 is 0 Å². The van der Waals surface area contributed by atoms with Gasteiger partial charge in [0.05, 0.1) is 11.7 Å². The number of para-hydroxylation sites is 1. The number of hydrogen-bond donors (Lipinski definition) is 0. The molecule has 0 aliphatic heterocycles. The standard InChI is InChI=1S/C14H9ClN2OS/c15-14-13(16-19-17-14)10-6-8-12(9-7-10)18-11-4-2-1-3-5-11/h1-9H. The molecular formula is C14H9ClN2OS. The smallest absolute Gasteiger partial charge is 0.170 e. The lowest BCUT2D eigenvalue weighted by Gasteiger charge is -2.05. The Labute approximate surface area is 119 Å². The van der Waals surface area contributed by atoms with E-state index in [0.717, 1.165) is 28.8 Å². The van der Waals surface area contributed by atoms with Gasteiger partial charge in [-0.2, -0.15) is 8.75 Å². The third-order valence-corrected chi connectivity index (χ3v) is 3.45. The lowest BCUT2D eigenvalue weighted by atomic mass is 10.1. The molecule has 3 nitrogen and oxygen atoms in total. The highest BCUT2D eigenvalue weighted by atomic mass is 35.5. The van der Waals surface area contributed by atoms with Crippen LogP contribution in [0.3, 0.4) is 0 Å². The second-order valence-electron chi connectivity index (χ2n) is 3.84. The molecule has 2 aromatic carbocycles. The average molecular weight is 289 g/mol. The molecule has 0 atom stereocenters. The van der Waals surface area contributed by atoms with E-state index in [1.807, 2.05) is 54.6 Å². The second kappa shape index (κ2) is 5.38. The third-order valence-electron chi connectivity index (χ3n) is 2.56. The van der Waals surface area contributed by atoms with E-state index in [-0.39, 0.29) is 0 Å². The summed E-state index contributed by atoms with van der Waals surface area (Å²) >= 11 is 7.05. The molecule has 0 unspecified atom stereocenters. The Balaban J connectivity index is 1.82. The molecule has 0 radical (unpaired) electrons. The van der Waals surface area contributed by atoms with Gasteiger partial charge in [-0.3, -0.25) is 0 Å². The van der Waals surface area contributed by atoms with Crippen LogP contribution in [0.5, 0.6) is 11.5 Å². The molecule has 19 heavy (non-hydrogen) atoms. The van der Waals surface area contributed by atoms with Crippen LogP contribution >= 0.6 is 23.3 Å². The number of nitrogens with zero attached hydrogens (tertiary/aromatic N) is 2. The van der Waals surface area contributed by atoms with Gasteiger partial charge < -0.3 is 4.74 Å². The fraction of sp³-hybridized carbons (Fsp3) is 0. The minimum absolute atomic E-state index is 0.432. The lowest BCUT2D eigenvalue weighted by molar-refractivity contribution is 0.483. The van der Waals surface area contributed by atoms with E-state index in [4.69, 9.17) is 16.3 Å². The molecular weight excluding hydrogens is 280 g/mol. The van der Waals surface area contributed by atoms with Gasteiger partial charge in [0.1, 0.15) is 17.2 Å². The molecule has 3 aromatic rings. The van der Waals surface area contributed by atoms with Crippen molar-refractivity contribution < 1.29 is 4.74 Å². The Morgan fingerprint density at radius 1 is 0.842 bits per heavy atom. The van der Waals surface area contributed by atoms with Gasteiger partial charge >= 0.3 is 0 Å². The van der Waals surface area contributed by atoms with Crippen molar-refractivity contribution in [1.82, 2.24) is 8.75 Å². The summed E-state index contributed by atoms with van der Waals surface area (Å²) in [6, 6.07) is 17.3. The van der Waals surface area contributed by atoms with Gasteiger partial charge in [0, 0.05) is 5.56 Å². The molecule has 94 valence electrons. The Kier molecular flexibility index (Phi) is 3.44. The normalized spacial score (nSPS) is 10.4. The first-order valence-electron chi connectivity index (χ1n) is 5.64. The second-order valence-corrected chi connectivity index (χ2v) is 4.73. The van der Waals surface area contributed by atoms with Crippen molar-refractivity contribution in [3.63, 3.8) is 0 Å². The largest absolute Gasteiger partial charge is 0.457 e. The van der Waals surface area contributed by atoms with Gasteiger partial charge in [0.2, 0.25) is 0 Å². The van der Waals surface area contributed by atoms with Crippen molar-refractivity contribution in [3.8, 4) is 22.8 Å². The molecule has 1 aromatic heterocycles. The van der Waals surface area contributed by atoms with Gasteiger partial charge in [0.15, 0.2) is 5.15 Å². The maximum Gasteiger partial charge on any atom is 0.170 e. The fourth-order valence-corrected chi connectivity index (χ4v) is 2.42. The number of hydrogen-bond acceptors (Lipinski definition) is 4. The first-order valence-corrected chi connectivity index (χ1v) is 6.75. The average Bonchev–Trinajstić information content (AvgIpc) is 2.87. The summed E-state index contributed by atoms with van der Waals surface area (Å²) in [5, 5.41) is 0.432. The van der Waals surface area contributed by atoms with Gasteiger partial charge in [-0.1, -0.05) is 29.8 Å². The van der Waals surface area contributed by atoms with Gasteiger partial charge in [-0.05, 0) is 36.4 Å². The minimum Gasteiger partial charge on any atom is -0.457 e. The highest BCUT2D eigenvalue weighted by molar-refractivity contribution is 6.99. The van der Waals surface area contributed by atoms with E-state index in [0.29, 0.717) is 10.8 Å². The summed E-state index contributed by atoms with van der Waals surface area (Å²) in [7, 11) is 0. The van der Waals surface area contributed by atoms with E-state index in [1.54, 1.807) is 0 Å². The molecule has 0 spiro atoms. The van der Waals surface area contributed by atoms with Crippen LogP contribution in [0.15, 0.2) is 54.6 Å². The predicted molar refractivity (Wildman–Crippen MR) is 76.9 cm³/mol. The Bertz CT molecular complexity index is 667. The summed E-state index contributed by atoms with van der Waals surface area (Å²) < 4.78 is 13.8. The van der Waals surface area contributed by atoms with Gasteiger partial charge in [-0.15, -0.1) is 0 Å². The highest BCUT2D eigenvalue weighted by Crippen LogP contribution is 2.28. The monoisotopic (exact) mass is 288 g/mol. The summed E-state index contributed by atoms with van der Waals surface area (Å²) in [6.45, 7) is 0. The zero-order chi connectivity index (χ0) is 13.1. The van der Waals surface area contributed by atoms with E-state index < -0.39 is 0 Å². The quantitative estimate of drug-likeness (QED) is 0.703. The van der Waals surface area contributed by atoms with Crippen molar-refractivity contribution in [3.05, 3.63) is 59.8 Å². The van der Waals surface area contributed by atoms with E-state index in [1.165, 1.54) is 0 Å². The molecule has 0 bridgehead atoms. The van der Waals surface area contributed by atoms with Crippen LogP contribution in [-0.2, 0) is 0 Å². The maximum absolute atomic E-state index is 5.95. The molecule has 0 saturated heterocycles. The zero-order valence-corrected chi connectivity index (χ0v) is 11.4. The van der Waals surface area contributed by atoms with Crippen LogP contribution in [0.1, 0.15) is 0 Å². The Hall–Kier alpha value is -1.91. The molecule has 0 amide bonds. The first kappa shape index (κ1) is 12.1. The highest BCUT2D eigenvalue weighted by Gasteiger charge is 2.08. The van der Waals surface area contributed by atoms with Crippen molar-refractivity contribution in [2.24, 2.45) is 0 Å². The van der Waals surface area contributed by atoms with Crippen molar-refractivity contribution in [1.29, 1.82) is 0 Å². The number of benzene rings is 2. The molecule has 0 N–H and O–H groups in total. The molecule has 0 aliphatic rings. The van der Waals surface area contributed by atoms with Crippen molar-refractivity contribution in [2.75, 3.05) is 0 Å². The SMILES string of the molecule is Clc1nsnc1-c1ccc(Oc2ccccc2)cc1. The van der Waals surface area contributed by atoms with Crippen LogP contribution in [-0.4, -0.2) is 8.75 Å². The first-order chi connectivity index (χ1) is 9.33. The lowest BCUT2D eigenvalue weighted by Crippen LogP contribution is -1.84. The number of ether oxygens (including phenoxy) is 1. The van der Waals surface area contributed by atoms with Crippen LogP contribution in [0.25, 0.3) is 11.3 Å². The summed E-state index contributed by atoms with van der Waals surface area (Å²) in [5.41, 5.74) is 1.64. The molecule has 0 saturated carbocycles. The van der Waals surface area contributed by atoms with E-state index in [9.17, 15) is 0 Å². The third kappa shape index (κ3) is 2.75. The molecule has 0 aliphatic carbocycles. The van der Waals surface area contributed by atoms with Crippen LogP contribution in [0.4, 0.5) is 0 Å². The summed E-state index contributed by atoms with van der Waals surface area (Å²) in [6.07, 6.45) is 0. The number of rotatable bonds is 3. The Morgan fingerprint density at radius 2 is 1.53 bits per heavy atom. The van der Waals surface area contributed by atoms with E-state index in [2.05, 4.69) is 8.75 Å². The predicted octanol–water partition coefficient (Wildman–Crippen LogP) is 4.65. The maximum atomic E-state index is 5.95. The fourth-order valence-electron chi connectivity index (χ4n) is 1.66. The van der Waals surface area contributed by atoms with Crippen LogP contribution in [0, 0.1) is 0 Å². The van der Waals surface area contributed by atoms with Crippen LogP contribution < -0.4 is 4.74 Å².